The molecule has 0 fully saturated rings. The molecule has 18 heavy (non-hydrogen) atoms. The first kappa shape index (κ1) is 14.5. The van der Waals surface area contributed by atoms with Gasteiger partial charge in [0.15, 0.2) is 0 Å². The molecule has 102 valence electrons. The second-order valence-corrected chi connectivity index (χ2v) is 3.46. The highest BCUT2D eigenvalue weighted by Crippen LogP contribution is 2.32. The number of aliphatic hydroxyl groups excluding tert-OH is 1. The molecule has 0 radical (unpaired) electrons. The van der Waals surface area contributed by atoms with Crippen molar-refractivity contribution < 1.29 is 32.9 Å². The van der Waals surface area contributed by atoms with Crippen LogP contribution in [0.25, 0.3) is 0 Å². The number of aromatic carboxylic acids is 1. The SMILES string of the molecule is O=C(O)c1cn(CCOCCO)cc1C(F)(F)F. The molecule has 0 aliphatic rings. The Morgan fingerprint density at radius 2 is 2.00 bits per heavy atom. The maximum Gasteiger partial charge on any atom is 0.418 e. The number of halogens is 3. The molecule has 1 aromatic heterocycles. The summed E-state index contributed by atoms with van der Waals surface area (Å²) in [7, 11) is 0. The molecule has 5 nitrogen and oxygen atoms in total. The number of alkyl halides is 3. The zero-order valence-corrected chi connectivity index (χ0v) is 9.28. The topological polar surface area (TPSA) is 71.7 Å². The van der Waals surface area contributed by atoms with Gasteiger partial charge in [0.1, 0.15) is 0 Å². The van der Waals surface area contributed by atoms with Crippen LogP contribution in [0.2, 0.25) is 0 Å². The number of ether oxygens (including phenoxy) is 1. The molecule has 0 aliphatic carbocycles. The van der Waals surface area contributed by atoms with Crippen LogP contribution in [0.5, 0.6) is 0 Å². The maximum absolute atomic E-state index is 12.5. The lowest BCUT2D eigenvalue weighted by atomic mass is 10.2. The van der Waals surface area contributed by atoms with Gasteiger partial charge in [-0.25, -0.2) is 4.79 Å². The van der Waals surface area contributed by atoms with Crippen LogP contribution in [0, 0.1) is 0 Å². The predicted octanol–water partition coefficient (Wildman–Crippen LogP) is 1.21. The van der Waals surface area contributed by atoms with Gasteiger partial charge >= 0.3 is 12.1 Å². The summed E-state index contributed by atoms with van der Waals surface area (Å²) >= 11 is 0. The van der Waals surface area contributed by atoms with Crippen LogP contribution in [0.1, 0.15) is 15.9 Å². The summed E-state index contributed by atoms with van der Waals surface area (Å²) in [5.74, 6) is -1.63. The van der Waals surface area contributed by atoms with E-state index in [2.05, 4.69) is 0 Å². The average molecular weight is 267 g/mol. The average Bonchev–Trinajstić information content (AvgIpc) is 2.68. The lowest BCUT2D eigenvalue weighted by Crippen LogP contribution is -2.10. The second-order valence-electron chi connectivity index (χ2n) is 3.46. The molecule has 0 atom stereocenters. The number of hydrogen-bond acceptors (Lipinski definition) is 3. The minimum atomic E-state index is -4.70. The van der Waals surface area contributed by atoms with Crippen molar-refractivity contribution in [3.8, 4) is 0 Å². The quantitative estimate of drug-likeness (QED) is 0.760. The molecule has 0 aliphatic heterocycles. The summed E-state index contributed by atoms with van der Waals surface area (Å²) in [4.78, 5) is 10.7. The largest absolute Gasteiger partial charge is 0.478 e. The van der Waals surface area contributed by atoms with Gasteiger partial charge in [0, 0.05) is 18.9 Å². The van der Waals surface area contributed by atoms with Gasteiger partial charge in [-0.1, -0.05) is 0 Å². The van der Waals surface area contributed by atoms with Gasteiger partial charge in [0.25, 0.3) is 0 Å². The summed E-state index contributed by atoms with van der Waals surface area (Å²) < 4.78 is 43.6. The second kappa shape index (κ2) is 5.87. The molecule has 2 N–H and O–H groups in total. The van der Waals surface area contributed by atoms with Crippen LogP contribution >= 0.6 is 0 Å². The highest BCUT2D eigenvalue weighted by molar-refractivity contribution is 5.89. The zero-order valence-electron chi connectivity index (χ0n) is 9.28. The van der Waals surface area contributed by atoms with E-state index >= 15 is 0 Å². The van der Waals surface area contributed by atoms with E-state index in [9.17, 15) is 18.0 Å². The summed E-state index contributed by atoms with van der Waals surface area (Å²) in [5.41, 5.74) is -1.97. The van der Waals surface area contributed by atoms with Crippen molar-refractivity contribution in [3.63, 3.8) is 0 Å². The highest BCUT2D eigenvalue weighted by Gasteiger charge is 2.36. The van der Waals surface area contributed by atoms with E-state index in [-0.39, 0.29) is 26.4 Å². The number of aromatic nitrogens is 1. The van der Waals surface area contributed by atoms with E-state index in [0.29, 0.717) is 0 Å². The Morgan fingerprint density at radius 1 is 1.33 bits per heavy atom. The van der Waals surface area contributed by atoms with Crippen LogP contribution < -0.4 is 0 Å². The Morgan fingerprint density at radius 3 is 2.44 bits per heavy atom. The molecule has 0 saturated heterocycles. The monoisotopic (exact) mass is 267 g/mol. The molecule has 1 heterocycles. The molecule has 8 heteroatoms. The lowest BCUT2D eigenvalue weighted by Gasteiger charge is -2.05. The highest BCUT2D eigenvalue weighted by atomic mass is 19.4. The molecule has 0 bridgehead atoms. The third kappa shape index (κ3) is 3.74. The Kier molecular flexibility index (Phi) is 4.74. The van der Waals surface area contributed by atoms with Gasteiger partial charge in [0.05, 0.1) is 30.9 Å². The third-order valence-corrected chi connectivity index (χ3v) is 2.15. The summed E-state index contributed by atoms with van der Waals surface area (Å²) in [5, 5.41) is 17.1. The van der Waals surface area contributed by atoms with Gasteiger partial charge in [-0.15, -0.1) is 0 Å². The first-order valence-electron chi connectivity index (χ1n) is 5.05. The fourth-order valence-electron chi connectivity index (χ4n) is 1.37. The molecule has 1 aromatic rings. The standard InChI is InChI=1S/C10H12F3NO4/c11-10(12,13)8-6-14(1-3-18-4-2-15)5-7(8)9(16)17/h5-6,15H,1-4H2,(H,16,17). The van der Waals surface area contributed by atoms with Crippen molar-refractivity contribution in [2.24, 2.45) is 0 Å². The molecular formula is C10H12F3NO4. The van der Waals surface area contributed by atoms with Gasteiger partial charge in [-0.2, -0.15) is 13.2 Å². The zero-order chi connectivity index (χ0) is 13.8. The van der Waals surface area contributed by atoms with Crippen LogP contribution in [-0.4, -0.2) is 40.6 Å². The Labute approximate surface area is 100 Å². The molecule has 0 aromatic carbocycles. The fraction of sp³-hybridized carbons (Fsp3) is 0.500. The number of carbonyl (C=O) groups is 1. The molecule has 0 spiro atoms. The Bertz CT molecular complexity index is 414. The minimum absolute atomic E-state index is 0.0797. The number of rotatable bonds is 6. The van der Waals surface area contributed by atoms with E-state index in [1.54, 1.807) is 0 Å². The van der Waals surface area contributed by atoms with E-state index in [1.165, 1.54) is 0 Å². The van der Waals surface area contributed by atoms with Gasteiger partial charge in [0.2, 0.25) is 0 Å². The van der Waals surface area contributed by atoms with Gasteiger partial charge in [-0.3, -0.25) is 0 Å². The molecule has 0 saturated carbocycles. The first-order chi connectivity index (χ1) is 8.36. The van der Waals surface area contributed by atoms with Crippen LogP contribution in [0.3, 0.4) is 0 Å². The lowest BCUT2D eigenvalue weighted by molar-refractivity contribution is -0.138. The van der Waals surface area contributed by atoms with Crippen molar-refractivity contribution in [1.29, 1.82) is 0 Å². The van der Waals surface area contributed by atoms with Crippen LogP contribution in [-0.2, 0) is 17.5 Å². The number of carboxylic acids is 1. The number of nitrogens with zero attached hydrogens (tertiary/aromatic N) is 1. The molecular weight excluding hydrogens is 255 g/mol. The van der Waals surface area contributed by atoms with E-state index in [4.69, 9.17) is 14.9 Å². The smallest absolute Gasteiger partial charge is 0.418 e. The Hall–Kier alpha value is -1.54. The molecule has 1 rings (SSSR count). The predicted molar refractivity (Wildman–Crippen MR) is 54.3 cm³/mol. The number of hydrogen-bond donors (Lipinski definition) is 2. The molecule has 0 unspecified atom stereocenters. The van der Waals surface area contributed by atoms with Crippen molar-refractivity contribution >= 4 is 5.97 Å². The number of carboxylic acid groups (broad SMARTS) is 1. The van der Waals surface area contributed by atoms with Crippen molar-refractivity contribution in [2.45, 2.75) is 12.7 Å². The Balaban J connectivity index is 2.80. The minimum Gasteiger partial charge on any atom is -0.478 e. The van der Waals surface area contributed by atoms with Crippen molar-refractivity contribution in [3.05, 3.63) is 23.5 Å². The summed E-state index contributed by atoms with van der Waals surface area (Å²) in [6.07, 6.45) is -3.07. The van der Waals surface area contributed by atoms with Crippen LogP contribution in [0.15, 0.2) is 12.4 Å². The van der Waals surface area contributed by atoms with E-state index < -0.39 is 23.3 Å². The molecule has 0 amide bonds. The van der Waals surface area contributed by atoms with E-state index in [1.807, 2.05) is 0 Å². The summed E-state index contributed by atoms with van der Waals surface area (Å²) in [6, 6.07) is 0. The first-order valence-corrected chi connectivity index (χ1v) is 5.05. The van der Waals surface area contributed by atoms with Gasteiger partial charge < -0.3 is 19.5 Å². The normalized spacial score (nSPS) is 11.8. The van der Waals surface area contributed by atoms with Gasteiger partial charge in [-0.05, 0) is 0 Å². The number of aliphatic hydroxyl groups is 1. The summed E-state index contributed by atoms with van der Waals surface area (Å²) in [6.45, 7) is 0.0704. The van der Waals surface area contributed by atoms with Crippen LogP contribution in [0.4, 0.5) is 13.2 Å². The van der Waals surface area contributed by atoms with Crippen molar-refractivity contribution in [2.75, 3.05) is 19.8 Å². The fourth-order valence-corrected chi connectivity index (χ4v) is 1.37. The maximum atomic E-state index is 12.5. The third-order valence-electron chi connectivity index (χ3n) is 2.15. The van der Waals surface area contributed by atoms with Crippen molar-refractivity contribution in [1.82, 2.24) is 4.57 Å². The van der Waals surface area contributed by atoms with E-state index in [0.717, 1.165) is 17.0 Å².